The van der Waals surface area contributed by atoms with Crippen molar-refractivity contribution < 1.29 is 14.7 Å². The summed E-state index contributed by atoms with van der Waals surface area (Å²) in [4.78, 5) is 12.5. The van der Waals surface area contributed by atoms with Crippen molar-refractivity contribution in [1.29, 1.82) is 0 Å². The maximum absolute atomic E-state index is 11.7. The van der Waals surface area contributed by atoms with E-state index in [1.807, 2.05) is 6.07 Å². The van der Waals surface area contributed by atoms with E-state index in [-0.39, 0.29) is 0 Å². The molecule has 0 aliphatic rings. The van der Waals surface area contributed by atoms with Gasteiger partial charge >= 0.3 is 5.97 Å². The Morgan fingerprint density at radius 3 is 2.68 bits per heavy atom. The lowest BCUT2D eigenvalue weighted by Gasteiger charge is -2.08. The summed E-state index contributed by atoms with van der Waals surface area (Å²) in [6, 6.07) is 8.70. The van der Waals surface area contributed by atoms with Crippen molar-refractivity contribution in [3.63, 3.8) is 0 Å². The van der Waals surface area contributed by atoms with Crippen LogP contribution in [0.4, 0.5) is 0 Å². The molecule has 0 spiro atoms. The number of thiophene rings is 1. The van der Waals surface area contributed by atoms with Gasteiger partial charge in [0.15, 0.2) is 0 Å². The number of esters is 1. The molecule has 0 atom stereocenters. The van der Waals surface area contributed by atoms with Crippen LogP contribution >= 0.6 is 46.3 Å². The predicted molar refractivity (Wildman–Crippen MR) is 91.2 cm³/mol. The van der Waals surface area contributed by atoms with E-state index >= 15 is 0 Å². The zero-order valence-corrected chi connectivity index (χ0v) is 14.5. The Morgan fingerprint density at radius 2 is 2.09 bits per heavy atom. The number of oxime groups is 1. The van der Waals surface area contributed by atoms with Gasteiger partial charge in [-0.15, -0.1) is 23.1 Å². The lowest BCUT2D eigenvalue weighted by Crippen LogP contribution is -2.06. The van der Waals surface area contributed by atoms with Crippen molar-refractivity contribution in [2.45, 2.75) is 4.90 Å². The van der Waals surface area contributed by atoms with E-state index in [2.05, 4.69) is 5.16 Å². The maximum Gasteiger partial charge on any atom is 0.338 e. The molecule has 1 aromatic heterocycles. The molecule has 4 nitrogen and oxygen atoms in total. The Hall–Kier alpha value is -1.21. The van der Waals surface area contributed by atoms with E-state index in [0.29, 0.717) is 31.3 Å². The van der Waals surface area contributed by atoms with E-state index in [1.165, 1.54) is 30.2 Å². The van der Waals surface area contributed by atoms with Gasteiger partial charge in [0.25, 0.3) is 0 Å². The van der Waals surface area contributed by atoms with E-state index in [0.717, 1.165) is 4.90 Å². The normalized spacial score (nSPS) is 11.5. The molecule has 0 bridgehead atoms. The minimum atomic E-state index is -0.415. The van der Waals surface area contributed by atoms with Crippen molar-refractivity contribution in [2.75, 3.05) is 12.9 Å². The van der Waals surface area contributed by atoms with E-state index in [4.69, 9.17) is 27.9 Å². The quantitative estimate of drug-likeness (QED) is 0.267. The zero-order valence-electron chi connectivity index (χ0n) is 11.4. The monoisotopic (exact) mass is 375 g/mol. The third-order valence-corrected chi connectivity index (χ3v) is 5.32. The highest BCUT2D eigenvalue weighted by atomic mass is 35.5. The first-order chi connectivity index (χ1) is 10.6. The smallest absolute Gasteiger partial charge is 0.338 e. The molecule has 0 unspecified atom stereocenters. The van der Waals surface area contributed by atoms with E-state index < -0.39 is 5.97 Å². The van der Waals surface area contributed by atoms with Crippen LogP contribution in [0.1, 0.15) is 15.9 Å². The highest BCUT2D eigenvalue weighted by Crippen LogP contribution is 2.33. The number of hydrogen-bond donors (Lipinski definition) is 1. The van der Waals surface area contributed by atoms with Crippen molar-refractivity contribution in [1.82, 2.24) is 0 Å². The fraction of sp³-hybridized carbons (Fsp3) is 0.143. The van der Waals surface area contributed by atoms with Gasteiger partial charge in [0.1, 0.15) is 4.34 Å². The van der Waals surface area contributed by atoms with Crippen LogP contribution in [0.3, 0.4) is 0 Å². The predicted octanol–water partition coefficient (Wildman–Crippen LogP) is 4.81. The number of benzene rings is 1. The van der Waals surface area contributed by atoms with Crippen LogP contribution in [-0.4, -0.2) is 29.8 Å². The molecule has 8 heteroatoms. The first-order valence-electron chi connectivity index (χ1n) is 6.03. The van der Waals surface area contributed by atoms with Crippen molar-refractivity contribution in [3.05, 3.63) is 50.1 Å². The highest BCUT2D eigenvalue weighted by molar-refractivity contribution is 8.00. The molecule has 2 rings (SSSR count). The zero-order chi connectivity index (χ0) is 16.1. The molecule has 22 heavy (non-hydrogen) atoms. The van der Waals surface area contributed by atoms with Crippen molar-refractivity contribution in [3.8, 4) is 0 Å². The van der Waals surface area contributed by atoms with Gasteiger partial charge in [-0.05, 0) is 18.2 Å². The van der Waals surface area contributed by atoms with Gasteiger partial charge in [-0.25, -0.2) is 4.79 Å². The lowest BCUT2D eigenvalue weighted by molar-refractivity contribution is 0.0597. The SMILES string of the molecule is COC(=O)c1ccccc1SCC(=NO)c1cc(Cl)sc1Cl. The van der Waals surface area contributed by atoms with Crippen molar-refractivity contribution >= 4 is 58.0 Å². The number of carbonyl (C=O) groups excluding carboxylic acids is 1. The maximum atomic E-state index is 11.7. The Kier molecular flexibility index (Phi) is 6.14. The van der Waals surface area contributed by atoms with Crippen LogP contribution in [0, 0.1) is 0 Å². The second-order valence-electron chi connectivity index (χ2n) is 4.06. The molecule has 0 aliphatic heterocycles. The molecule has 1 N–H and O–H groups in total. The molecule has 1 aromatic carbocycles. The van der Waals surface area contributed by atoms with Crippen LogP contribution < -0.4 is 0 Å². The number of carbonyl (C=O) groups is 1. The van der Waals surface area contributed by atoms with Crippen LogP contribution in [0.25, 0.3) is 0 Å². The van der Waals surface area contributed by atoms with Gasteiger partial charge in [0.05, 0.1) is 22.7 Å². The van der Waals surface area contributed by atoms with Gasteiger partial charge in [0.2, 0.25) is 0 Å². The molecule has 0 aliphatic carbocycles. The van der Waals surface area contributed by atoms with Gasteiger partial charge in [-0.2, -0.15) is 0 Å². The molecule has 0 fully saturated rings. The minimum absolute atomic E-state index is 0.331. The number of rotatable bonds is 5. The molecule has 1 heterocycles. The van der Waals surface area contributed by atoms with Gasteiger partial charge in [-0.3, -0.25) is 0 Å². The highest BCUT2D eigenvalue weighted by Gasteiger charge is 2.16. The average Bonchev–Trinajstić information content (AvgIpc) is 2.86. The number of methoxy groups -OCH3 is 1. The van der Waals surface area contributed by atoms with Crippen LogP contribution in [0.2, 0.25) is 8.67 Å². The van der Waals surface area contributed by atoms with Crippen LogP contribution in [0.15, 0.2) is 40.4 Å². The summed E-state index contributed by atoms with van der Waals surface area (Å²) in [6.07, 6.45) is 0. The number of hydrogen-bond acceptors (Lipinski definition) is 6. The Bertz CT molecular complexity index is 716. The fourth-order valence-corrected chi connectivity index (χ4v) is 4.21. The molecule has 0 saturated carbocycles. The second kappa shape index (κ2) is 7.87. The number of thioether (sulfide) groups is 1. The summed E-state index contributed by atoms with van der Waals surface area (Å²) < 4.78 is 5.72. The van der Waals surface area contributed by atoms with Crippen LogP contribution in [-0.2, 0) is 4.74 Å². The largest absolute Gasteiger partial charge is 0.465 e. The summed E-state index contributed by atoms with van der Waals surface area (Å²) in [6.45, 7) is 0. The Morgan fingerprint density at radius 1 is 1.36 bits per heavy atom. The van der Waals surface area contributed by atoms with Gasteiger partial charge in [-0.1, -0.05) is 40.5 Å². The summed E-state index contributed by atoms with van der Waals surface area (Å²) in [7, 11) is 1.33. The molecule has 0 radical (unpaired) electrons. The lowest BCUT2D eigenvalue weighted by atomic mass is 10.2. The molecule has 2 aromatic rings. The minimum Gasteiger partial charge on any atom is -0.465 e. The first-order valence-corrected chi connectivity index (χ1v) is 8.59. The topological polar surface area (TPSA) is 58.9 Å². The second-order valence-corrected chi connectivity index (χ2v) is 7.36. The van der Waals surface area contributed by atoms with Crippen molar-refractivity contribution in [2.24, 2.45) is 5.16 Å². The average molecular weight is 376 g/mol. The first kappa shape index (κ1) is 17.1. The molecular weight excluding hydrogens is 365 g/mol. The molecule has 0 amide bonds. The Balaban J connectivity index is 2.19. The molecule has 116 valence electrons. The van der Waals surface area contributed by atoms with E-state index in [1.54, 1.807) is 24.3 Å². The van der Waals surface area contributed by atoms with Crippen LogP contribution in [0.5, 0.6) is 0 Å². The summed E-state index contributed by atoms with van der Waals surface area (Å²) in [5.41, 5.74) is 1.43. The molecular formula is C14H11Cl2NO3S2. The van der Waals surface area contributed by atoms with Gasteiger partial charge in [0, 0.05) is 16.2 Å². The number of ether oxygens (including phenoxy) is 1. The fourth-order valence-electron chi connectivity index (χ4n) is 1.71. The number of nitrogens with zero attached hydrogens (tertiary/aromatic N) is 1. The third kappa shape index (κ3) is 3.95. The Labute approximate surface area is 145 Å². The summed E-state index contributed by atoms with van der Waals surface area (Å²) in [5.74, 6) is -0.0840. The molecule has 0 saturated heterocycles. The summed E-state index contributed by atoms with van der Waals surface area (Å²) in [5, 5.41) is 12.5. The van der Waals surface area contributed by atoms with Gasteiger partial charge < -0.3 is 9.94 Å². The number of halogens is 2. The summed E-state index contributed by atoms with van der Waals surface area (Å²) >= 11 is 14.5. The standard InChI is InChI=1S/C14H11Cl2NO3S2/c1-20-14(18)8-4-2-3-5-11(8)21-7-10(17-19)9-6-12(15)22-13(9)16/h2-6,19H,7H2,1H3. The van der Waals surface area contributed by atoms with E-state index in [9.17, 15) is 10.0 Å². The third-order valence-electron chi connectivity index (χ3n) is 2.75.